The standard InChI is InChI=1S/C18H20F2N2O3/c1-12(15-9-4-5-10-16(15)24-3)22(2)18(23)21-13-7-6-8-14(11-13)25-17(19)20/h4-12,17H,1-3H3,(H,21,23)/t12-/m1/s1. The zero-order chi connectivity index (χ0) is 18.4. The van der Waals surface area contributed by atoms with Crippen LogP contribution in [0, 0.1) is 0 Å². The maximum absolute atomic E-state index is 12.4. The number of para-hydroxylation sites is 1. The van der Waals surface area contributed by atoms with Crippen molar-refractivity contribution in [1.82, 2.24) is 4.90 Å². The lowest BCUT2D eigenvalue weighted by Crippen LogP contribution is -2.33. The van der Waals surface area contributed by atoms with E-state index in [1.165, 1.54) is 23.1 Å². The summed E-state index contributed by atoms with van der Waals surface area (Å²) in [6.45, 7) is -1.05. The average molecular weight is 350 g/mol. The highest BCUT2D eigenvalue weighted by atomic mass is 19.3. The Hall–Kier alpha value is -2.83. The maximum atomic E-state index is 12.4. The number of nitrogens with one attached hydrogen (secondary N) is 1. The molecular formula is C18H20F2N2O3. The first-order valence-corrected chi connectivity index (χ1v) is 7.64. The summed E-state index contributed by atoms with van der Waals surface area (Å²) in [7, 11) is 3.21. The van der Waals surface area contributed by atoms with Crippen LogP contribution >= 0.6 is 0 Å². The van der Waals surface area contributed by atoms with E-state index in [-0.39, 0.29) is 17.8 Å². The van der Waals surface area contributed by atoms with Crippen LogP contribution in [0.25, 0.3) is 0 Å². The minimum absolute atomic E-state index is 0.0202. The molecule has 2 aromatic rings. The molecule has 0 spiro atoms. The first kappa shape index (κ1) is 18.5. The van der Waals surface area contributed by atoms with Crippen molar-refractivity contribution in [2.24, 2.45) is 0 Å². The van der Waals surface area contributed by atoms with Crippen molar-refractivity contribution in [1.29, 1.82) is 0 Å². The van der Waals surface area contributed by atoms with E-state index in [2.05, 4.69) is 10.1 Å². The van der Waals surface area contributed by atoms with Gasteiger partial charge >= 0.3 is 12.6 Å². The number of anilines is 1. The Kier molecular flexibility index (Phi) is 6.16. The van der Waals surface area contributed by atoms with Crippen molar-refractivity contribution in [2.45, 2.75) is 19.6 Å². The zero-order valence-corrected chi connectivity index (χ0v) is 14.2. The second kappa shape index (κ2) is 8.32. The lowest BCUT2D eigenvalue weighted by atomic mass is 10.1. The molecule has 2 rings (SSSR count). The van der Waals surface area contributed by atoms with Gasteiger partial charge in [0.15, 0.2) is 0 Å². The second-order valence-electron chi connectivity index (χ2n) is 5.37. The monoisotopic (exact) mass is 350 g/mol. The summed E-state index contributed by atoms with van der Waals surface area (Å²) in [4.78, 5) is 13.9. The number of ether oxygens (including phenoxy) is 2. The molecule has 134 valence electrons. The van der Waals surface area contributed by atoms with Gasteiger partial charge in [0, 0.05) is 24.4 Å². The highest BCUT2D eigenvalue weighted by molar-refractivity contribution is 5.89. The third-order valence-electron chi connectivity index (χ3n) is 3.80. The highest BCUT2D eigenvalue weighted by Crippen LogP contribution is 2.28. The van der Waals surface area contributed by atoms with Gasteiger partial charge in [0.05, 0.1) is 13.2 Å². The van der Waals surface area contributed by atoms with E-state index in [1.54, 1.807) is 20.2 Å². The predicted octanol–water partition coefficient (Wildman–Crippen LogP) is 4.52. The van der Waals surface area contributed by atoms with Crippen molar-refractivity contribution in [3.8, 4) is 11.5 Å². The van der Waals surface area contributed by atoms with Gasteiger partial charge in [-0.05, 0) is 25.1 Å². The van der Waals surface area contributed by atoms with E-state index in [4.69, 9.17) is 4.74 Å². The molecule has 0 saturated heterocycles. The molecule has 0 aromatic heterocycles. The van der Waals surface area contributed by atoms with E-state index in [0.29, 0.717) is 11.4 Å². The van der Waals surface area contributed by atoms with Crippen LogP contribution in [0.1, 0.15) is 18.5 Å². The number of amides is 2. The number of halogens is 2. The number of rotatable bonds is 6. The Morgan fingerprint density at radius 1 is 1.16 bits per heavy atom. The number of alkyl halides is 2. The molecule has 1 N–H and O–H groups in total. The van der Waals surface area contributed by atoms with Crippen LogP contribution in [0.3, 0.4) is 0 Å². The number of carbonyl (C=O) groups is 1. The Balaban J connectivity index is 2.09. The van der Waals surface area contributed by atoms with Crippen LogP contribution in [-0.2, 0) is 0 Å². The van der Waals surface area contributed by atoms with Gasteiger partial charge in [0.2, 0.25) is 0 Å². The molecule has 0 aliphatic heterocycles. The van der Waals surface area contributed by atoms with Gasteiger partial charge in [0.1, 0.15) is 11.5 Å². The number of hydrogen-bond donors (Lipinski definition) is 1. The largest absolute Gasteiger partial charge is 0.496 e. The summed E-state index contributed by atoms with van der Waals surface area (Å²) in [6.07, 6.45) is 0. The molecule has 2 amide bonds. The Bertz CT molecular complexity index is 725. The molecule has 5 nitrogen and oxygen atoms in total. The van der Waals surface area contributed by atoms with Gasteiger partial charge in [0.25, 0.3) is 0 Å². The molecule has 0 aliphatic rings. The van der Waals surface area contributed by atoms with Crippen molar-refractivity contribution in [3.63, 3.8) is 0 Å². The van der Waals surface area contributed by atoms with Crippen LogP contribution in [0.5, 0.6) is 11.5 Å². The van der Waals surface area contributed by atoms with Crippen LogP contribution < -0.4 is 14.8 Å². The summed E-state index contributed by atoms with van der Waals surface area (Å²) in [6, 6.07) is 12.6. The number of hydrogen-bond acceptors (Lipinski definition) is 3. The fourth-order valence-corrected chi connectivity index (χ4v) is 2.36. The molecule has 0 heterocycles. The normalized spacial score (nSPS) is 11.8. The summed E-state index contributed by atoms with van der Waals surface area (Å²) >= 11 is 0. The summed E-state index contributed by atoms with van der Waals surface area (Å²) in [5.41, 5.74) is 1.22. The fraction of sp³-hybridized carbons (Fsp3) is 0.278. The smallest absolute Gasteiger partial charge is 0.387 e. The van der Waals surface area contributed by atoms with Crippen molar-refractivity contribution >= 4 is 11.7 Å². The van der Waals surface area contributed by atoms with E-state index >= 15 is 0 Å². The Morgan fingerprint density at radius 3 is 2.56 bits per heavy atom. The number of nitrogens with zero attached hydrogens (tertiary/aromatic N) is 1. The highest BCUT2D eigenvalue weighted by Gasteiger charge is 2.20. The molecule has 1 atom stereocenters. The van der Waals surface area contributed by atoms with Gasteiger partial charge < -0.3 is 19.7 Å². The molecule has 0 unspecified atom stereocenters. The second-order valence-corrected chi connectivity index (χ2v) is 5.37. The minimum Gasteiger partial charge on any atom is -0.496 e. The Morgan fingerprint density at radius 2 is 1.88 bits per heavy atom. The molecule has 0 aliphatic carbocycles. The third kappa shape index (κ3) is 4.82. The van der Waals surface area contributed by atoms with Crippen molar-refractivity contribution in [2.75, 3.05) is 19.5 Å². The van der Waals surface area contributed by atoms with Crippen LogP contribution in [0.4, 0.5) is 19.3 Å². The molecule has 7 heteroatoms. The average Bonchev–Trinajstić information content (AvgIpc) is 2.60. The molecule has 0 bridgehead atoms. The zero-order valence-electron chi connectivity index (χ0n) is 14.2. The molecule has 25 heavy (non-hydrogen) atoms. The van der Waals surface area contributed by atoms with Crippen molar-refractivity contribution < 1.29 is 23.0 Å². The number of methoxy groups -OCH3 is 1. The third-order valence-corrected chi connectivity index (χ3v) is 3.80. The topological polar surface area (TPSA) is 50.8 Å². The van der Waals surface area contributed by atoms with Crippen molar-refractivity contribution in [3.05, 3.63) is 54.1 Å². The summed E-state index contributed by atoms with van der Waals surface area (Å²) in [5.74, 6) is 0.662. The lowest BCUT2D eigenvalue weighted by molar-refractivity contribution is -0.0497. The first-order chi connectivity index (χ1) is 11.9. The summed E-state index contributed by atoms with van der Waals surface area (Å²) in [5, 5.41) is 2.66. The van der Waals surface area contributed by atoms with Gasteiger partial charge in [-0.2, -0.15) is 8.78 Å². The lowest BCUT2D eigenvalue weighted by Gasteiger charge is -2.26. The van der Waals surface area contributed by atoms with Crippen LogP contribution in [-0.4, -0.2) is 31.7 Å². The van der Waals surface area contributed by atoms with Crippen LogP contribution in [0.2, 0.25) is 0 Å². The van der Waals surface area contributed by atoms with Gasteiger partial charge in [-0.25, -0.2) is 4.79 Å². The van der Waals surface area contributed by atoms with Crippen LogP contribution in [0.15, 0.2) is 48.5 Å². The molecule has 0 radical (unpaired) electrons. The SMILES string of the molecule is COc1ccccc1[C@@H](C)N(C)C(=O)Nc1cccc(OC(F)F)c1. The molecule has 2 aromatic carbocycles. The molecule has 0 fully saturated rings. The first-order valence-electron chi connectivity index (χ1n) is 7.64. The fourth-order valence-electron chi connectivity index (χ4n) is 2.36. The maximum Gasteiger partial charge on any atom is 0.387 e. The number of urea groups is 1. The summed E-state index contributed by atoms with van der Waals surface area (Å²) < 4.78 is 34.2. The predicted molar refractivity (Wildman–Crippen MR) is 91.3 cm³/mol. The Labute approximate surface area is 145 Å². The van der Waals surface area contributed by atoms with Gasteiger partial charge in [-0.1, -0.05) is 24.3 Å². The van der Waals surface area contributed by atoms with Gasteiger partial charge in [-0.15, -0.1) is 0 Å². The molecule has 0 saturated carbocycles. The molecular weight excluding hydrogens is 330 g/mol. The van der Waals surface area contributed by atoms with E-state index < -0.39 is 6.61 Å². The van der Waals surface area contributed by atoms with Gasteiger partial charge in [-0.3, -0.25) is 0 Å². The number of benzene rings is 2. The minimum atomic E-state index is -2.92. The van der Waals surface area contributed by atoms with E-state index in [9.17, 15) is 13.6 Å². The number of carbonyl (C=O) groups excluding carboxylic acids is 1. The quantitative estimate of drug-likeness (QED) is 0.833. The van der Waals surface area contributed by atoms with E-state index in [0.717, 1.165) is 5.56 Å². The van der Waals surface area contributed by atoms with E-state index in [1.807, 2.05) is 31.2 Å².